The molecule has 122 valence electrons. The third-order valence-electron chi connectivity index (χ3n) is 4.79. The van der Waals surface area contributed by atoms with Crippen molar-refractivity contribution in [3.05, 3.63) is 61.2 Å². The fraction of sp³-hybridized carbons (Fsp3) is 0.300. The first-order valence-electron chi connectivity index (χ1n) is 8.57. The van der Waals surface area contributed by atoms with Crippen LogP contribution in [0.25, 0.3) is 22.2 Å². The Hall–Kier alpha value is -2.46. The van der Waals surface area contributed by atoms with Crippen molar-refractivity contribution in [3.63, 3.8) is 0 Å². The van der Waals surface area contributed by atoms with E-state index >= 15 is 0 Å². The Morgan fingerprint density at radius 1 is 1.21 bits per heavy atom. The Morgan fingerprint density at radius 2 is 2.08 bits per heavy atom. The average molecular weight is 318 g/mol. The SMILES string of the molecule is C=CCN1CCCC(c2nc3ccc(-c4ccncc4)cc3[nH]2)C1. The van der Waals surface area contributed by atoms with Crippen LogP contribution in [-0.4, -0.2) is 39.5 Å². The molecule has 1 aromatic carbocycles. The highest BCUT2D eigenvalue weighted by Crippen LogP contribution is 2.28. The van der Waals surface area contributed by atoms with E-state index in [2.05, 4.69) is 39.6 Å². The minimum Gasteiger partial charge on any atom is -0.342 e. The van der Waals surface area contributed by atoms with Crippen LogP contribution in [0.1, 0.15) is 24.6 Å². The highest BCUT2D eigenvalue weighted by atomic mass is 15.1. The van der Waals surface area contributed by atoms with Crippen molar-refractivity contribution in [3.8, 4) is 11.1 Å². The molecule has 1 aliphatic rings. The van der Waals surface area contributed by atoms with Crippen LogP contribution in [0.2, 0.25) is 0 Å². The summed E-state index contributed by atoms with van der Waals surface area (Å²) >= 11 is 0. The number of fused-ring (bicyclic) bond motifs is 1. The summed E-state index contributed by atoms with van der Waals surface area (Å²) < 4.78 is 0. The van der Waals surface area contributed by atoms with Crippen molar-refractivity contribution < 1.29 is 0 Å². The molecule has 0 aliphatic carbocycles. The second-order valence-corrected chi connectivity index (χ2v) is 6.48. The maximum atomic E-state index is 4.85. The highest BCUT2D eigenvalue weighted by Gasteiger charge is 2.23. The molecule has 1 fully saturated rings. The molecule has 1 N–H and O–H groups in total. The maximum Gasteiger partial charge on any atom is 0.111 e. The van der Waals surface area contributed by atoms with Crippen molar-refractivity contribution >= 4 is 11.0 Å². The summed E-state index contributed by atoms with van der Waals surface area (Å²) in [5.41, 5.74) is 4.53. The van der Waals surface area contributed by atoms with Crippen molar-refractivity contribution in [2.24, 2.45) is 0 Å². The van der Waals surface area contributed by atoms with Gasteiger partial charge in [-0.05, 0) is 54.8 Å². The van der Waals surface area contributed by atoms with Crippen molar-refractivity contribution in [2.45, 2.75) is 18.8 Å². The van der Waals surface area contributed by atoms with Crippen LogP contribution in [0.4, 0.5) is 0 Å². The molecule has 0 radical (unpaired) electrons. The molecule has 3 heterocycles. The first-order chi connectivity index (χ1) is 11.8. The number of likely N-dealkylation sites (tertiary alicyclic amines) is 1. The van der Waals surface area contributed by atoms with Crippen LogP contribution in [0, 0.1) is 0 Å². The summed E-state index contributed by atoms with van der Waals surface area (Å²) in [6.07, 6.45) is 8.06. The summed E-state index contributed by atoms with van der Waals surface area (Å²) in [5, 5.41) is 0. The van der Waals surface area contributed by atoms with Crippen molar-refractivity contribution in [1.29, 1.82) is 0 Å². The fourth-order valence-corrected chi connectivity index (χ4v) is 3.57. The second-order valence-electron chi connectivity index (χ2n) is 6.48. The van der Waals surface area contributed by atoms with E-state index in [-0.39, 0.29) is 0 Å². The van der Waals surface area contributed by atoms with Gasteiger partial charge in [0, 0.05) is 31.4 Å². The highest BCUT2D eigenvalue weighted by molar-refractivity contribution is 5.82. The number of hydrogen-bond donors (Lipinski definition) is 1. The molecule has 4 rings (SSSR count). The Balaban J connectivity index is 1.62. The van der Waals surface area contributed by atoms with Crippen LogP contribution in [0.5, 0.6) is 0 Å². The lowest BCUT2D eigenvalue weighted by molar-refractivity contribution is 0.224. The fourth-order valence-electron chi connectivity index (χ4n) is 3.57. The van der Waals surface area contributed by atoms with Crippen LogP contribution < -0.4 is 0 Å². The van der Waals surface area contributed by atoms with Gasteiger partial charge in [0.2, 0.25) is 0 Å². The van der Waals surface area contributed by atoms with Crippen molar-refractivity contribution in [2.75, 3.05) is 19.6 Å². The van der Waals surface area contributed by atoms with Gasteiger partial charge in [-0.25, -0.2) is 4.98 Å². The van der Waals surface area contributed by atoms with E-state index in [1.54, 1.807) is 0 Å². The van der Waals surface area contributed by atoms with Gasteiger partial charge in [-0.15, -0.1) is 6.58 Å². The van der Waals surface area contributed by atoms with E-state index in [0.29, 0.717) is 5.92 Å². The molecular formula is C20H22N4. The van der Waals surface area contributed by atoms with Gasteiger partial charge in [0.15, 0.2) is 0 Å². The van der Waals surface area contributed by atoms with Crippen LogP contribution >= 0.6 is 0 Å². The standard InChI is InChI=1S/C20H22N4/c1-2-11-24-12-3-4-17(14-24)20-22-18-6-5-16(13-19(18)23-20)15-7-9-21-10-8-15/h2,5-10,13,17H,1,3-4,11-12,14H2,(H,22,23). The zero-order chi connectivity index (χ0) is 16.4. The first-order valence-corrected chi connectivity index (χ1v) is 8.57. The molecule has 1 saturated heterocycles. The number of imidazole rings is 1. The third-order valence-corrected chi connectivity index (χ3v) is 4.79. The quantitative estimate of drug-likeness (QED) is 0.740. The van der Waals surface area contributed by atoms with Crippen LogP contribution in [-0.2, 0) is 0 Å². The summed E-state index contributed by atoms with van der Waals surface area (Å²) in [4.78, 5) is 14.9. The van der Waals surface area contributed by atoms with E-state index in [9.17, 15) is 0 Å². The zero-order valence-corrected chi connectivity index (χ0v) is 13.8. The lowest BCUT2D eigenvalue weighted by Crippen LogP contribution is -2.34. The molecule has 4 heteroatoms. The monoisotopic (exact) mass is 318 g/mol. The molecule has 24 heavy (non-hydrogen) atoms. The second kappa shape index (κ2) is 6.57. The number of nitrogens with one attached hydrogen (secondary N) is 1. The Kier molecular flexibility index (Phi) is 4.13. The predicted octanol–water partition coefficient (Wildman–Crippen LogP) is 3.99. The third kappa shape index (κ3) is 2.97. The van der Waals surface area contributed by atoms with E-state index in [1.807, 2.05) is 30.6 Å². The molecule has 3 aromatic rings. The molecule has 1 unspecified atom stereocenters. The predicted molar refractivity (Wildman–Crippen MR) is 97.9 cm³/mol. The van der Waals surface area contributed by atoms with Gasteiger partial charge in [0.25, 0.3) is 0 Å². The Bertz CT molecular complexity index is 837. The number of H-pyrrole nitrogens is 1. The van der Waals surface area contributed by atoms with Crippen LogP contribution in [0.3, 0.4) is 0 Å². The number of pyridine rings is 1. The molecule has 2 aromatic heterocycles. The lowest BCUT2D eigenvalue weighted by atomic mass is 9.97. The molecule has 1 atom stereocenters. The van der Waals surface area contributed by atoms with Gasteiger partial charge in [0.05, 0.1) is 11.0 Å². The number of nitrogens with zero attached hydrogens (tertiary/aromatic N) is 3. The van der Waals surface area contributed by atoms with E-state index in [0.717, 1.165) is 36.5 Å². The van der Waals surface area contributed by atoms with E-state index in [1.165, 1.54) is 24.0 Å². The summed E-state index contributed by atoms with van der Waals surface area (Å²) in [6, 6.07) is 10.5. The van der Waals surface area contributed by atoms with Crippen molar-refractivity contribution in [1.82, 2.24) is 19.9 Å². The number of aromatic amines is 1. The number of hydrogen-bond acceptors (Lipinski definition) is 3. The normalized spacial score (nSPS) is 18.8. The number of aromatic nitrogens is 3. The van der Waals surface area contributed by atoms with Gasteiger partial charge in [-0.2, -0.15) is 0 Å². The molecule has 1 aliphatic heterocycles. The topological polar surface area (TPSA) is 44.8 Å². The summed E-state index contributed by atoms with van der Waals surface area (Å²) in [7, 11) is 0. The van der Waals surface area contributed by atoms with E-state index in [4.69, 9.17) is 4.98 Å². The zero-order valence-electron chi connectivity index (χ0n) is 13.8. The van der Waals surface area contributed by atoms with Gasteiger partial charge < -0.3 is 4.98 Å². The van der Waals surface area contributed by atoms with Gasteiger partial charge in [0.1, 0.15) is 5.82 Å². The Morgan fingerprint density at radius 3 is 2.92 bits per heavy atom. The number of rotatable bonds is 4. The Labute approximate surface area is 142 Å². The van der Waals surface area contributed by atoms with Crippen LogP contribution in [0.15, 0.2) is 55.4 Å². The van der Waals surface area contributed by atoms with Gasteiger partial charge in [-0.1, -0.05) is 12.1 Å². The van der Waals surface area contributed by atoms with Gasteiger partial charge >= 0.3 is 0 Å². The average Bonchev–Trinajstić information content (AvgIpc) is 3.06. The smallest absolute Gasteiger partial charge is 0.111 e. The first kappa shape index (κ1) is 15.1. The summed E-state index contributed by atoms with van der Waals surface area (Å²) in [5.74, 6) is 1.60. The molecule has 0 amide bonds. The minimum absolute atomic E-state index is 0.482. The molecule has 0 spiro atoms. The maximum absolute atomic E-state index is 4.85. The van der Waals surface area contributed by atoms with E-state index < -0.39 is 0 Å². The minimum atomic E-state index is 0.482. The van der Waals surface area contributed by atoms with Gasteiger partial charge in [-0.3, -0.25) is 9.88 Å². The lowest BCUT2D eigenvalue weighted by Gasteiger charge is -2.30. The number of benzene rings is 1. The molecule has 0 saturated carbocycles. The molecule has 0 bridgehead atoms. The number of piperidine rings is 1. The molecular weight excluding hydrogens is 296 g/mol. The largest absolute Gasteiger partial charge is 0.342 e. The summed E-state index contributed by atoms with van der Waals surface area (Å²) in [6.45, 7) is 7.04. The molecule has 4 nitrogen and oxygen atoms in total.